The second-order valence-electron chi connectivity index (χ2n) is 3.22. The van der Waals surface area contributed by atoms with Crippen molar-refractivity contribution >= 4 is 5.57 Å². The molecular formula is C14H12N2. The Morgan fingerprint density at radius 2 is 2.12 bits per heavy atom. The second-order valence-corrected chi connectivity index (χ2v) is 3.22. The topological polar surface area (TPSA) is 47.6 Å². The van der Waals surface area contributed by atoms with Gasteiger partial charge in [-0.2, -0.15) is 10.5 Å². The minimum absolute atomic E-state index is 0.163. The molecule has 0 unspecified atom stereocenters. The van der Waals surface area contributed by atoms with Gasteiger partial charge < -0.3 is 0 Å². The molecule has 0 aliphatic rings. The molecule has 1 aromatic carbocycles. The van der Waals surface area contributed by atoms with Crippen LogP contribution < -0.4 is 0 Å². The molecule has 16 heavy (non-hydrogen) atoms. The molecule has 0 heterocycles. The van der Waals surface area contributed by atoms with Crippen molar-refractivity contribution < 1.29 is 2.74 Å². The summed E-state index contributed by atoms with van der Waals surface area (Å²) in [5.41, 5.74) is 1.66. The Balaban J connectivity index is 3.02. The van der Waals surface area contributed by atoms with E-state index in [9.17, 15) is 0 Å². The lowest BCUT2D eigenvalue weighted by Gasteiger charge is -2.04. The number of allylic oxidation sites excluding steroid dienone is 3. The number of hydrogen-bond donors (Lipinski definition) is 0. The van der Waals surface area contributed by atoms with Gasteiger partial charge in [0.05, 0.1) is 21.3 Å². The molecule has 78 valence electrons. The Hall–Kier alpha value is -2.32. The van der Waals surface area contributed by atoms with Gasteiger partial charge in [0, 0.05) is 12.0 Å². The molecule has 0 N–H and O–H groups in total. The SMILES string of the molecule is [2H]C([2H])=C(C/C(C#N)=C/CC#N)c1ccccc1. The van der Waals surface area contributed by atoms with Crippen molar-refractivity contribution in [1.82, 2.24) is 0 Å². The van der Waals surface area contributed by atoms with Crippen LogP contribution in [-0.2, 0) is 0 Å². The smallest absolute Gasteiger partial charge is 0.0947 e. The Bertz CT molecular complexity index is 541. The number of rotatable bonds is 4. The Kier molecular flexibility index (Phi) is 3.48. The minimum Gasteiger partial charge on any atom is -0.198 e. The summed E-state index contributed by atoms with van der Waals surface area (Å²) < 4.78 is 14.9. The van der Waals surface area contributed by atoms with Gasteiger partial charge in [-0.15, -0.1) is 0 Å². The first-order valence-electron chi connectivity index (χ1n) is 5.87. The van der Waals surface area contributed by atoms with Crippen molar-refractivity contribution in [3.05, 3.63) is 54.1 Å². The van der Waals surface area contributed by atoms with Gasteiger partial charge in [-0.1, -0.05) is 42.9 Å². The third-order valence-corrected chi connectivity index (χ3v) is 2.07. The van der Waals surface area contributed by atoms with Gasteiger partial charge in [-0.05, 0) is 11.1 Å². The number of nitrogens with zero attached hydrogens (tertiary/aromatic N) is 2. The highest BCUT2D eigenvalue weighted by atomic mass is 14.3. The third kappa shape index (κ3) is 3.44. The molecule has 0 amide bonds. The summed E-state index contributed by atoms with van der Waals surface area (Å²) in [5.74, 6) is 0. The molecule has 0 saturated heterocycles. The van der Waals surface area contributed by atoms with Crippen LogP contribution in [0.15, 0.2) is 48.5 Å². The largest absolute Gasteiger partial charge is 0.198 e. The molecule has 0 fully saturated rings. The van der Waals surface area contributed by atoms with E-state index in [2.05, 4.69) is 0 Å². The normalized spacial score (nSPS) is 11.8. The summed E-state index contributed by atoms with van der Waals surface area (Å²) in [5, 5.41) is 17.4. The maximum Gasteiger partial charge on any atom is 0.0947 e. The van der Waals surface area contributed by atoms with E-state index in [0.29, 0.717) is 11.1 Å². The highest BCUT2D eigenvalue weighted by Crippen LogP contribution is 2.20. The van der Waals surface area contributed by atoms with Crippen LogP contribution in [0.5, 0.6) is 0 Å². The fraction of sp³-hybridized carbons (Fsp3) is 0.143. The molecule has 0 saturated carbocycles. The number of nitriles is 2. The van der Waals surface area contributed by atoms with E-state index in [1.54, 1.807) is 12.1 Å². The first-order valence-corrected chi connectivity index (χ1v) is 4.87. The standard InChI is InChI=1S/C14H12N2/c1-12(14-7-3-2-4-8-14)10-13(11-16)6-5-9-15/h2-4,6-8H,1,5,10H2/b13-6-/i1D2. The second kappa shape index (κ2) is 6.22. The van der Waals surface area contributed by atoms with E-state index in [4.69, 9.17) is 13.3 Å². The molecule has 0 atom stereocenters. The fourth-order valence-electron chi connectivity index (χ4n) is 1.26. The average Bonchev–Trinajstić information content (AvgIpc) is 2.39. The average molecular weight is 210 g/mol. The van der Waals surface area contributed by atoms with Crippen LogP contribution in [0, 0.1) is 22.7 Å². The quantitative estimate of drug-likeness (QED) is 0.714. The molecule has 0 radical (unpaired) electrons. The van der Waals surface area contributed by atoms with Crippen molar-refractivity contribution in [2.75, 3.05) is 0 Å². The van der Waals surface area contributed by atoms with E-state index in [1.165, 1.54) is 6.08 Å². The lowest BCUT2D eigenvalue weighted by Crippen LogP contribution is -1.85. The zero-order valence-corrected chi connectivity index (χ0v) is 8.77. The van der Waals surface area contributed by atoms with Gasteiger partial charge in [-0.25, -0.2) is 0 Å². The van der Waals surface area contributed by atoms with Crippen LogP contribution in [0.1, 0.15) is 21.1 Å². The van der Waals surface area contributed by atoms with Gasteiger partial charge in [-0.3, -0.25) is 0 Å². The highest BCUT2D eigenvalue weighted by Gasteiger charge is 2.01. The Morgan fingerprint density at radius 1 is 1.38 bits per heavy atom. The first kappa shape index (κ1) is 8.95. The molecule has 2 heteroatoms. The summed E-state index contributed by atoms with van der Waals surface area (Å²) >= 11 is 0. The monoisotopic (exact) mass is 210 g/mol. The van der Waals surface area contributed by atoms with Crippen molar-refractivity contribution in [2.24, 2.45) is 0 Å². The molecule has 0 bridgehead atoms. The maximum absolute atomic E-state index is 8.96. The number of hydrogen-bond acceptors (Lipinski definition) is 2. The van der Waals surface area contributed by atoms with Crippen LogP contribution in [0.3, 0.4) is 0 Å². The molecule has 1 rings (SSSR count). The van der Waals surface area contributed by atoms with Gasteiger partial charge in [0.1, 0.15) is 0 Å². The van der Waals surface area contributed by atoms with Gasteiger partial charge >= 0.3 is 0 Å². The van der Waals surface area contributed by atoms with Crippen molar-refractivity contribution in [3.63, 3.8) is 0 Å². The maximum atomic E-state index is 8.96. The van der Waals surface area contributed by atoms with E-state index in [1.807, 2.05) is 30.3 Å². The molecule has 2 nitrogen and oxygen atoms in total. The van der Waals surface area contributed by atoms with Crippen molar-refractivity contribution in [2.45, 2.75) is 12.8 Å². The predicted octanol–water partition coefficient (Wildman–Crippen LogP) is 3.45. The molecule has 0 aromatic heterocycles. The van der Waals surface area contributed by atoms with Crippen LogP contribution in [0.2, 0.25) is 0 Å². The fourth-order valence-corrected chi connectivity index (χ4v) is 1.26. The van der Waals surface area contributed by atoms with Crippen LogP contribution in [-0.4, -0.2) is 0 Å². The van der Waals surface area contributed by atoms with Crippen LogP contribution >= 0.6 is 0 Å². The summed E-state index contributed by atoms with van der Waals surface area (Å²) in [7, 11) is 0. The third-order valence-electron chi connectivity index (χ3n) is 2.07. The summed E-state index contributed by atoms with van der Waals surface area (Å²) in [6.07, 6.45) is 1.91. The summed E-state index contributed by atoms with van der Waals surface area (Å²) in [6.45, 7) is -0.306. The van der Waals surface area contributed by atoms with Gasteiger partial charge in [0.15, 0.2) is 0 Å². The van der Waals surface area contributed by atoms with Crippen LogP contribution in [0.25, 0.3) is 5.57 Å². The lowest BCUT2D eigenvalue weighted by molar-refractivity contribution is 1.24. The van der Waals surface area contributed by atoms with Crippen LogP contribution in [0.4, 0.5) is 0 Å². The molecular weight excluding hydrogens is 196 g/mol. The number of benzene rings is 1. The highest BCUT2D eigenvalue weighted by molar-refractivity contribution is 5.66. The van der Waals surface area contributed by atoms with E-state index in [-0.39, 0.29) is 19.4 Å². The lowest BCUT2D eigenvalue weighted by atomic mass is 10.00. The molecule has 0 aliphatic heterocycles. The van der Waals surface area contributed by atoms with Gasteiger partial charge in [0.25, 0.3) is 0 Å². The minimum atomic E-state index is -0.306. The zero-order valence-electron chi connectivity index (χ0n) is 10.8. The van der Waals surface area contributed by atoms with E-state index in [0.717, 1.165) is 5.56 Å². The Morgan fingerprint density at radius 3 is 2.69 bits per heavy atom. The summed E-state index contributed by atoms with van der Waals surface area (Å²) in [4.78, 5) is 0. The molecule has 1 aromatic rings. The molecule has 0 aliphatic carbocycles. The Labute approximate surface area is 98.6 Å². The zero-order chi connectivity index (χ0) is 13.4. The van der Waals surface area contributed by atoms with Crippen molar-refractivity contribution in [3.8, 4) is 12.1 Å². The van der Waals surface area contributed by atoms with E-state index >= 15 is 0 Å². The summed E-state index contributed by atoms with van der Waals surface area (Å²) in [6, 6.07) is 13.0. The molecule has 0 spiro atoms. The van der Waals surface area contributed by atoms with Gasteiger partial charge in [0.2, 0.25) is 0 Å². The first-order chi connectivity index (χ1) is 8.69. The van der Waals surface area contributed by atoms with Crippen molar-refractivity contribution in [1.29, 1.82) is 10.5 Å². The predicted molar refractivity (Wildman–Crippen MR) is 64.0 cm³/mol. The van der Waals surface area contributed by atoms with E-state index < -0.39 is 0 Å².